The van der Waals surface area contributed by atoms with Crippen molar-refractivity contribution in [1.29, 1.82) is 0 Å². The molecule has 5 aromatic rings. The average molecular weight is 476 g/mol. The van der Waals surface area contributed by atoms with Gasteiger partial charge >= 0.3 is 0 Å². The molecule has 0 atom stereocenters. The molecule has 3 aromatic carbocycles. The van der Waals surface area contributed by atoms with Gasteiger partial charge in [-0.3, -0.25) is 24.9 Å². The van der Waals surface area contributed by atoms with E-state index in [2.05, 4.69) is 25.9 Å². The lowest BCUT2D eigenvalue weighted by atomic mass is 10.1. The zero-order chi connectivity index (χ0) is 24.9. The number of nitrogens with zero attached hydrogens (tertiary/aromatic N) is 3. The quantitative estimate of drug-likeness (QED) is 0.187. The van der Waals surface area contributed by atoms with Crippen molar-refractivity contribution in [3.63, 3.8) is 0 Å². The highest BCUT2D eigenvalue weighted by molar-refractivity contribution is 6.05. The fraction of sp³-hybridized carbons (Fsp3) is 0. The van der Waals surface area contributed by atoms with E-state index < -0.39 is 4.92 Å². The SMILES string of the molecule is O=C(Nc1cccc(Nc2ccncc2)c1)c1cccc(Nc2ccnc3ccc([N+](=O)[O-])cc23)c1. The van der Waals surface area contributed by atoms with Crippen LogP contribution in [0, 0.1) is 10.1 Å². The van der Waals surface area contributed by atoms with Crippen molar-refractivity contribution in [2.45, 2.75) is 0 Å². The molecular formula is C27H20N6O3. The van der Waals surface area contributed by atoms with Gasteiger partial charge in [-0.15, -0.1) is 0 Å². The monoisotopic (exact) mass is 476 g/mol. The number of anilines is 5. The molecular weight excluding hydrogens is 456 g/mol. The van der Waals surface area contributed by atoms with Crippen LogP contribution in [-0.4, -0.2) is 20.8 Å². The first-order chi connectivity index (χ1) is 17.5. The van der Waals surface area contributed by atoms with Crippen LogP contribution in [0.5, 0.6) is 0 Å². The largest absolute Gasteiger partial charge is 0.355 e. The molecule has 9 nitrogen and oxygen atoms in total. The Hall–Kier alpha value is -5.31. The molecule has 5 rings (SSSR count). The molecule has 2 aromatic heterocycles. The Balaban J connectivity index is 1.34. The molecule has 1 amide bonds. The van der Waals surface area contributed by atoms with Crippen LogP contribution in [-0.2, 0) is 0 Å². The first-order valence-corrected chi connectivity index (χ1v) is 11.0. The summed E-state index contributed by atoms with van der Waals surface area (Å²) in [7, 11) is 0. The molecule has 0 bridgehead atoms. The van der Waals surface area contributed by atoms with E-state index in [1.54, 1.807) is 48.9 Å². The number of carbonyl (C=O) groups is 1. The van der Waals surface area contributed by atoms with Gasteiger partial charge in [0.05, 0.1) is 10.4 Å². The Bertz CT molecular complexity index is 1570. The van der Waals surface area contributed by atoms with Crippen molar-refractivity contribution in [2.24, 2.45) is 0 Å². The normalized spacial score (nSPS) is 10.6. The van der Waals surface area contributed by atoms with Crippen molar-refractivity contribution in [2.75, 3.05) is 16.0 Å². The number of nitro benzene ring substituents is 1. The highest BCUT2D eigenvalue weighted by Crippen LogP contribution is 2.29. The second kappa shape index (κ2) is 9.90. The number of hydrogen-bond donors (Lipinski definition) is 3. The molecule has 0 saturated carbocycles. The number of hydrogen-bond acceptors (Lipinski definition) is 7. The summed E-state index contributed by atoms with van der Waals surface area (Å²) in [6.45, 7) is 0. The van der Waals surface area contributed by atoms with E-state index in [0.717, 1.165) is 11.4 Å². The molecule has 0 saturated heterocycles. The molecule has 0 radical (unpaired) electrons. The molecule has 0 spiro atoms. The van der Waals surface area contributed by atoms with Gasteiger partial charge in [0, 0.05) is 70.1 Å². The molecule has 0 unspecified atom stereocenters. The maximum absolute atomic E-state index is 13.0. The number of pyridine rings is 2. The standard InChI is InChI=1S/C27H20N6O3/c34-27(32-22-6-2-5-21(16-22)30-19-9-12-28-13-10-19)18-3-1-4-20(15-18)31-26-11-14-29-25-8-7-23(33(35)36)17-24(25)26/h1-17H,(H,28,30)(H,29,31)(H,32,34). The second-order valence-corrected chi connectivity index (χ2v) is 7.92. The Kier molecular flexibility index (Phi) is 6.18. The number of amides is 1. The van der Waals surface area contributed by atoms with Gasteiger partial charge in [0.15, 0.2) is 0 Å². The molecule has 0 aliphatic carbocycles. The highest BCUT2D eigenvalue weighted by atomic mass is 16.6. The van der Waals surface area contributed by atoms with Crippen molar-refractivity contribution in [3.05, 3.63) is 119 Å². The van der Waals surface area contributed by atoms with E-state index >= 15 is 0 Å². The van der Waals surface area contributed by atoms with Gasteiger partial charge in [-0.25, -0.2) is 0 Å². The number of nitrogens with one attached hydrogen (secondary N) is 3. The van der Waals surface area contributed by atoms with Crippen molar-refractivity contribution in [1.82, 2.24) is 9.97 Å². The summed E-state index contributed by atoms with van der Waals surface area (Å²) in [5.41, 5.74) is 4.73. The third-order valence-corrected chi connectivity index (χ3v) is 5.43. The van der Waals surface area contributed by atoms with Crippen LogP contribution in [0.3, 0.4) is 0 Å². The van der Waals surface area contributed by atoms with Gasteiger partial charge < -0.3 is 16.0 Å². The summed E-state index contributed by atoms with van der Waals surface area (Å²) in [6.07, 6.45) is 5.02. The zero-order valence-corrected chi connectivity index (χ0v) is 18.9. The van der Waals surface area contributed by atoms with Gasteiger partial charge in [-0.2, -0.15) is 0 Å². The van der Waals surface area contributed by atoms with Gasteiger partial charge in [-0.1, -0.05) is 12.1 Å². The van der Waals surface area contributed by atoms with Crippen molar-refractivity contribution in [3.8, 4) is 0 Å². The summed E-state index contributed by atoms with van der Waals surface area (Å²) in [6, 6.07) is 24.4. The number of non-ortho nitro benzene ring substituents is 1. The third-order valence-electron chi connectivity index (χ3n) is 5.43. The Morgan fingerprint density at radius 2 is 1.50 bits per heavy atom. The smallest absolute Gasteiger partial charge is 0.270 e. The van der Waals surface area contributed by atoms with Crippen LogP contribution in [0.2, 0.25) is 0 Å². The van der Waals surface area contributed by atoms with Gasteiger partial charge in [0.2, 0.25) is 0 Å². The molecule has 2 heterocycles. The maximum Gasteiger partial charge on any atom is 0.270 e. The van der Waals surface area contributed by atoms with Crippen LogP contribution >= 0.6 is 0 Å². The number of benzene rings is 3. The molecule has 3 N–H and O–H groups in total. The number of fused-ring (bicyclic) bond motifs is 1. The van der Waals surface area contributed by atoms with E-state index in [0.29, 0.717) is 33.5 Å². The van der Waals surface area contributed by atoms with Crippen LogP contribution in [0.15, 0.2) is 104 Å². The molecule has 9 heteroatoms. The predicted octanol–water partition coefficient (Wildman–Crippen LogP) is 6.28. The first kappa shape index (κ1) is 22.5. The van der Waals surface area contributed by atoms with Crippen LogP contribution in [0.25, 0.3) is 10.9 Å². The lowest BCUT2D eigenvalue weighted by molar-refractivity contribution is -0.384. The minimum absolute atomic E-state index is 0.0210. The first-order valence-electron chi connectivity index (χ1n) is 11.0. The lowest BCUT2D eigenvalue weighted by Crippen LogP contribution is -2.12. The van der Waals surface area contributed by atoms with E-state index in [1.807, 2.05) is 42.5 Å². The van der Waals surface area contributed by atoms with Crippen molar-refractivity contribution < 1.29 is 9.72 Å². The Morgan fingerprint density at radius 1 is 0.750 bits per heavy atom. The summed E-state index contributed by atoms with van der Waals surface area (Å²) >= 11 is 0. The summed E-state index contributed by atoms with van der Waals surface area (Å²) in [5, 5.41) is 21.3. The molecule has 0 fully saturated rings. The molecule has 36 heavy (non-hydrogen) atoms. The number of carbonyl (C=O) groups excluding carboxylic acids is 1. The molecule has 176 valence electrons. The van der Waals surface area contributed by atoms with E-state index in [4.69, 9.17) is 0 Å². The van der Waals surface area contributed by atoms with Gasteiger partial charge in [0.1, 0.15) is 0 Å². The summed E-state index contributed by atoms with van der Waals surface area (Å²) in [5.74, 6) is -0.269. The number of nitro groups is 1. The average Bonchev–Trinajstić information content (AvgIpc) is 2.89. The van der Waals surface area contributed by atoms with E-state index in [9.17, 15) is 14.9 Å². The minimum atomic E-state index is -0.442. The van der Waals surface area contributed by atoms with Crippen LogP contribution in [0.1, 0.15) is 10.4 Å². The van der Waals surface area contributed by atoms with E-state index in [-0.39, 0.29) is 11.6 Å². The topological polar surface area (TPSA) is 122 Å². The van der Waals surface area contributed by atoms with Crippen LogP contribution in [0.4, 0.5) is 34.1 Å². The van der Waals surface area contributed by atoms with Crippen molar-refractivity contribution >= 4 is 50.9 Å². The summed E-state index contributed by atoms with van der Waals surface area (Å²) < 4.78 is 0. The Labute approximate surface area is 206 Å². The number of rotatable bonds is 7. The van der Waals surface area contributed by atoms with Gasteiger partial charge in [0.25, 0.3) is 11.6 Å². The maximum atomic E-state index is 13.0. The highest BCUT2D eigenvalue weighted by Gasteiger charge is 2.12. The second-order valence-electron chi connectivity index (χ2n) is 7.92. The zero-order valence-electron chi connectivity index (χ0n) is 18.9. The minimum Gasteiger partial charge on any atom is -0.355 e. The van der Waals surface area contributed by atoms with Crippen LogP contribution < -0.4 is 16.0 Å². The fourth-order valence-corrected chi connectivity index (χ4v) is 3.73. The third kappa shape index (κ3) is 5.10. The van der Waals surface area contributed by atoms with E-state index in [1.165, 1.54) is 12.1 Å². The lowest BCUT2D eigenvalue weighted by Gasteiger charge is -2.12. The number of aromatic nitrogens is 2. The summed E-state index contributed by atoms with van der Waals surface area (Å²) in [4.78, 5) is 32.0. The Morgan fingerprint density at radius 3 is 2.31 bits per heavy atom. The predicted molar refractivity (Wildman–Crippen MR) is 140 cm³/mol. The molecule has 0 aliphatic heterocycles. The fourth-order valence-electron chi connectivity index (χ4n) is 3.73. The molecule has 0 aliphatic rings. The van der Waals surface area contributed by atoms with Gasteiger partial charge in [-0.05, 0) is 60.7 Å².